The lowest BCUT2D eigenvalue weighted by Crippen LogP contribution is -2.51. The summed E-state index contributed by atoms with van der Waals surface area (Å²) in [5, 5.41) is 12.3. The molecule has 0 radical (unpaired) electrons. The summed E-state index contributed by atoms with van der Waals surface area (Å²) in [5.74, 6) is -0.819. The normalized spacial score (nSPS) is 21.6. The molecule has 2 atom stereocenters. The molecule has 4 rings (SSSR count). The third-order valence-corrected chi connectivity index (χ3v) is 6.57. The molecule has 8 heteroatoms. The number of anilines is 1. The van der Waals surface area contributed by atoms with Crippen molar-refractivity contribution in [1.82, 2.24) is 9.80 Å². The van der Waals surface area contributed by atoms with Crippen LogP contribution in [0.15, 0.2) is 41.8 Å². The van der Waals surface area contributed by atoms with Gasteiger partial charge in [-0.3, -0.25) is 14.5 Å². The minimum Gasteiger partial charge on any atom is -0.386 e. The molecule has 2 aliphatic heterocycles. The van der Waals surface area contributed by atoms with Gasteiger partial charge in [0.05, 0.1) is 5.92 Å². The first-order chi connectivity index (χ1) is 14.0. The zero-order chi connectivity index (χ0) is 20.4. The van der Waals surface area contributed by atoms with Crippen LogP contribution >= 0.6 is 11.3 Å². The van der Waals surface area contributed by atoms with Crippen molar-refractivity contribution in [3.63, 3.8) is 0 Å². The smallest absolute Gasteiger partial charge is 0.228 e. The van der Waals surface area contributed by atoms with Crippen LogP contribution in [0.4, 0.5) is 10.1 Å². The van der Waals surface area contributed by atoms with Gasteiger partial charge in [-0.2, -0.15) is 0 Å². The Morgan fingerprint density at radius 2 is 1.90 bits per heavy atom. The zero-order valence-corrected chi connectivity index (χ0v) is 16.9. The number of aliphatic hydroxyl groups excluding tert-OH is 1. The largest absolute Gasteiger partial charge is 0.386 e. The predicted octanol–water partition coefficient (Wildman–Crippen LogP) is 2.12. The number of carbonyl (C=O) groups excluding carboxylic acids is 2. The maximum Gasteiger partial charge on any atom is 0.228 e. The lowest BCUT2D eigenvalue weighted by molar-refractivity contribution is -0.137. The Hall–Kier alpha value is -2.29. The number of piperazine rings is 1. The van der Waals surface area contributed by atoms with Crippen LogP contribution in [0.2, 0.25) is 0 Å². The van der Waals surface area contributed by atoms with Gasteiger partial charge in [0, 0.05) is 56.3 Å². The summed E-state index contributed by atoms with van der Waals surface area (Å²) in [4.78, 5) is 31.8. The molecule has 6 nitrogen and oxygen atoms in total. The number of nitrogens with zero attached hydrogens (tertiary/aromatic N) is 3. The van der Waals surface area contributed by atoms with E-state index >= 15 is 0 Å². The zero-order valence-electron chi connectivity index (χ0n) is 16.0. The molecular weight excluding hydrogens is 393 g/mol. The van der Waals surface area contributed by atoms with Crippen LogP contribution in [0, 0.1) is 11.7 Å². The van der Waals surface area contributed by atoms with Gasteiger partial charge in [0.1, 0.15) is 11.9 Å². The van der Waals surface area contributed by atoms with E-state index in [1.807, 2.05) is 22.4 Å². The Kier molecular flexibility index (Phi) is 5.94. The summed E-state index contributed by atoms with van der Waals surface area (Å²) in [6.07, 6.45) is -0.318. The topological polar surface area (TPSA) is 64.1 Å². The number of hydrogen-bond donors (Lipinski definition) is 1. The average molecular weight is 418 g/mol. The van der Waals surface area contributed by atoms with Crippen LogP contribution in [0.5, 0.6) is 0 Å². The van der Waals surface area contributed by atoms with Gasteiger partial charge in [-0.05, 0) is 35.7 Å². The number of β-amino-alcohol motifs (C(OH)–C–C–N with tert-alkyl or cyclic N) is 1. The second kappa shape index (κ2) is 8.61. The highest BCUT2D eigenvalue weighted by Crippen LogP contribution is 2.27. The lowest BCUT2D eigenvalue weighted by atomic mass is 10.1. The van der Waals surface area contributed by atoms with Crippen molar-refractivity contribution >= 4 is 28.8 Å². The summed E-state index contributed by atoms with van der Waals surface area (Å²) < 4.78 is 13.1. The fourth-order valence-corrected chi connectivity index (χ4v) is 4.67. The number of benzene rings is 1. The molecule has 1 aromatic heterocycles. The number of aliphatic hydroxyl groups is 1. The summed E-state index contributed by atoms with van der Waals surface area (Å²) in [6, 6.07) is 9.63. The van der Waals surface area contributed by atoms with E-state index in [4.69, 9.17) is 0 Å². The monoisotopic (exact) mass is 417 g/mol. The number of carbonyl (C=O) groups is 2. The maximum atomic E-state index is 13.1. The van der Waals surface area contributed by atoms with Gasteiger partial charge in [0.2, 0.25) is 11.8 Å². The third kappa shape index (κ3) is 4.49. The van der Waals surface area contributed by atoms with Gasteiger partial charge >= 0.3 is 0 Å². The molecule has 2 unspecified atom stereocenters. The molecule has 1 N–H and O–H groups in total. The lowest BCUT2D eigenvalue weighted by Gasteiger charge is -2.36. The Labute approximate surface area is 173 Å². The van der Waals surface area contributed by atoms with Crippen molar-refractivity contribution in [3.8, 4) is 0 Å². The molecule has 3 heterocycles. The summed E-state index contributed by atoms with van der Waals surface area (Å²) >= 11 is 1.54. The third-order valence-electron chi connectivity index (χ3n) is 5.60. The number of rotatable bonds is 5. The highest BCUT2D eigenvalue weighted by atomic mass is 32.1. The van der Waals surface area contributed by atoms with E-state index in [2.05, 4.69) is 4.90 Å². The van der Waals surface area contributed by atoms with Gasteiger partial charge in [-0.1, -0.05) is 6.07 Å². The number of amides is 2. The molecule has 0 saturated carbocycles. The summed E-state index contributed by atoms with van der Waals surface area (Å²) in [6.45, 7) is 3.49. The molecule has 2 aromatic rings. The van der Waals surface area contributed by atoms with Gasteiger partial charge < -0.3 is 14.9 Å². The SMILES string of the molecule is O=C(C1CC(=O)N(c2ccc(F)cc2)C1)N1CCN(CC(O)c2cccs2)CC1. The number of thiophene rings is 1. The van der Waals surface area contributed by atoms with Crippen LogP contribution in [0.3, 0.4) is 0 Å². The van der Waals surface area contributed by atoms with E-state index < -0.39 is 6.10 Å². The fourth-order valence-electron chi connectivity index (χ4n) is 3.97. The quantitative estimate of drug-likeness (QED) is 0.810. The van der Waals surface area contributed by atoms with Gasteiger partial charge in [-0.15, -0.1) is 11.3 Å². The molecule has 2 fully saturated rings. The predicted molar refractivity (Wildman–Crippen MR) is 109 cm³/mol. The van der Waals surface area contributed by atoms with Crippen molar-refractivity contribution in [2.45, 2.75) is 12.5 Å². The van der Waals surface area contributed by atoms with Crippen LogP contribution in [-0.4, -0.2) is 66.0 Å². The molecule has 2 aliphatic rings. The van der Waals surface area contributed by atoms with Crippen LogP contribution < -0.4 is 4.90 Å². The first kappa shape index (κ1) is 20.0. The number of hydrogen-bond acceptors (Lipinski definition) is 5. The Morgan fingerprint density at radius 3 is 2.55 bits per heavy atom. The van der Waals surface area contributed by atoms with Crippen LogP contribution in [0.25, 0.3) is 0 Å². The minimum absolute atomic E-state index is 0.00131. The highest BCUT2D eigenvalue weighted by Gasteiger charge is 2.38. The van der Waals surface area contributed by atoms with E-state index in [0.29, 0.717) is 45.0 Å². The van der Waals surface area contributed by atoms with Crippen molar-refractivity contribution in [2.75, 3.05) is 44.2 Å². The molecular formula is C21H24FN3O3S. The van der Waals surface area contributed by atoms with E-state index in [1.165, 1.54) is 12.1 Å². The maximum absolute atomic E-state index is 13.1. The van der Waals surface area contributed by atoms with Crippen molar-refractivity contribution in [1.29, 1.82) is 0 Å². The molecule has 2 amide bonds. The van der Waals surface area contributed by atoms with Gasteiger partial charge in [0.15, 0.2) is 0 Å². The van der Waals surface area contributed by atoms with E-state index in [9.17, 15) is 19.1 Å². The summed E-state index contributed by atoms with van der Waals surface area (Å²) in [5.41, 5.74) is 0.624. The second-order valence-electron chi connectivity index (χ2n) is 7.54. The van der Waals surface area contributed by atoms with E-state index in [1.54, 1.807) is 28.4 Å². The molecule has 0 bridgehead atoms. The second-order valence-corrected chi connectivity index (χ2v) is 8.52. The van der Waals surface area contributed by atoms with Crippen molar-refractivity contribution in [3.05, 3.63) is 52.5 Å². The Morgan fingerprint density at radius 1 is 1.17 bits per heavy atom. The molecule has 154 valence electrons. The standard InChI is InChI=1S/C21H24FN3O3S/c22-16-3-5-17(6-4-16)25-13-15(12-20(25)27)21(28)24-9-7-23(8-10-24)14-18(26)19-2-1-11-29-19/h1-6,11,15,18,26H,7-10,12-14H2. The van der Waals surface area contributed by atoms with Crippen molar-refractivity contribution in [2.24, 2.45) is 5.92 Å². The Bertz CT molecular complexity index is 851. The van der Waals surface area contributed by atoms with Crippen LogP contribution in [-0.2, 0) is 9.59 Å². The van der Waals surface area contributed by atoms with Crippen LogP contribution in [0.1, 0.15) is 17.4 Å². The highest BCUT2D eigenvalue weighted by molar-refractivity contribution is 7.10. The Balaban J connectivity index is 1.29. The molecule has 0 aliphatic carbocycles. The molecule has 29 heavy (non-hydrogen) atoms. The van der Waals surface area contributed by atoms with E-state index in [-0.39, 0.29) is 30.0 Å². The van der Waals surface area contributed by atoms with Crippen molar-refractivity contribution < 1.29 is 19.1 Å². The van der Waals surface area contributed by atoms with Gasteiger partial charge in [0.25, 0.3) is 0 Å². The molecule has 2 saturated heterocycles. The number of halogens is 1. The first-order valence-electron chi connectivity index (χ1n) is 9.80. The average Bonchev–Trinajstić information content (AvgIpc) is 3.39. The molecule has 1 aromatic carbocycles. The first-order valence-corrected chi connectivity index (χ1v) is 10.7. The van der Waals surface area contributed by atoms with E-state index in [0.717, 1.165) is 4.88 Å². The minimum atomic E-state index is -0.506. The molecule has 0 spiro atoms. The fraction of sp³-hybridized carbons (Fsp3) is 0.429. The summed E-state index contributed by atoms with van der Waals surface area (Å²) in [7, 11) is 0. The van der Waals surface area contributed by atoms with Gasteiger partial charge in [-0.25, -0.2) is 4.39 Å².